The third-order valence-corrected chi connectivity index (χ3v) is 5.10. The molecule has 0 bridgehead atoms. The summed E-state index contributed by atoms with van der Waals surface area (Å²) in [4.78, 5) is 2.19. The second-order valence-electron chi connectivity index (χ2n) is 4.96. The van der Waals surface area contributed by atoms with Gasteiger partial charge in [-0.3, -0.25) is 4.90 Å². The number of thioether (sulfide) groups is 1. The molecule has 1 aromatic rings. The van der Waals surface area contributed by atoms with Crippen molar-refractivity contribution in [1.82, 2.24) is 4.90 Å². The molecule has 18 heavy (non-hydrogen) atoms. The van der Waals surface area contributed by atoms with E-state index in [4.69, 9.17) is 5.73 Å². The molecule has 0 saturated carbocycles. The Labute approximate surface area is 115 Å². The van der Waals surface area contributed by atoms with Crippen LogP contribution in [0.4, 0.5) is 0 Å². The lowest BCUT2D eigenvalue weighted by atomic mass is 10.0. The van der Waals surface area contributed by atoms with Crippen LogP contribution in [0.15, 0.2) is 30.3 Å². The van der Waals surface area contributed by atoms with Gasteiger partial charge in [-0.15, -0.1) is 11.8 Å². The summed E-state index contributed by atoms with van der Waals surface area (Å²) in [5.74, 6) is 1.13. The summed E-state index contributed by atoms with van der Waals surface area (Å²) in [6, 6.07) is 11.1. The molecule has 0 radical (unpaired) electrons. The zero-order valence-corrected chi connectivity index (χ0v) is 12.2. The molecule has 1 saturated heterocycles. The number of rotatable bonds is 5. The Bertz CT molecular complexity index is 368. The zero-order valence-electron chi connectivity index (χ0n) is 11.4. The van der Waals surface area contributed by atoms with Crippen LogP contribution in [0.25, 0.3) is 0 Å². The van der Waals surface area contributed by atoms with Gasteiger partial charge in [-0.05, 0) is 18.4 Å². The van der Waals surface area contributed by atoms with E-state index in [1.807, 2.05) is 11.8 Å². The van der Waals surface area contributed by atoms with Gasteiger partial charge >= 0.3 is 0 Å². The lowest BCUT2D eigenvalue weighted by Gasteiger charge is -2.39. The predicted molar refractivity (Wildman–Crippen MR) is 80.5 cm³/mol. The maximum atomic E-state index is 6.72. The fraction of sp³-hybridized carbons (Fsp3) is 0.600. The van der Waals surface area contributed by atoms with Crippen molar-refractivity contribution in [3.05, 3.63) is 35.9 Å². The smallest absolute Gasteiger partial charge is 0.144 e. The highest BCUT2D eigenvalue weighted by atomic mass is 32.2. The van der Waals surface area contributed by atoms with Crippen molar-refractivity contribution in [3.8, 4) is 0 Å². The highest BCUT2D eigenvalue weighted by Gasteiger charge is 2.42. The molecular weight excluding hydrogens is 240 g/mol. The molecule has 0 aliphatic carbocycles. The van der Waals surface area contributed by atoms with Crippen LogP contribution in [0.1, 0.15) is 38.7 Å². The fourth-order valence-electron chi connectivity index (χ4n) is 2.84. The summed E-state index contributed by atoms with van der Waals surface area (Å²) in [7, 11) is 0. The second-order valence-corrected chi connectivity index (χ2v) is 6.27. The van der Waals surface area contributed by atoms with E-state index in [1.165, 1.54) is 24.8 Å². The average Bonchev–Trinajstić information content (AvgIpc) is 2.80. The normalized spacial score (nSPS) is 26.4. The van der Waals surface area contributed by atoms with Crippen molar-refractivity contribution in [3.63, 3.8) is 0 Å². The van der Waals surface area contributed by atoms with Crippen LogP contribution in [-0.2, 0) is 4.99 Å². The summed E-state index contributed by atoms with van der Waals surface area (Å²) >= 11 is 1.88. The van der Waals surface area contributed by atoms with Crippen LogP contribution in [0, 0.1) is 0 Å². The van der Waals surface area contributed by atoms with Gasteiger partial charge in [0, 0.05) is 18.3 Å². The first-order valence-electron chi connectivity index (χ1n) is 6.97. The minimum absolute atomic E-state index is 0.322. The lowest BCUT2D eigenvalue weighted by molar-refractivity contribution is 0.122. The van der Waals surface area contributed by atoms with Gasteiger partial charge in [-0.1, -0.05) is 50.6 Å². The van der Waals surface area contributed by atoms with E-state index in [1.54, 1.807) is 0 Å². The average molecular weight is 264 g/mol. The molecule has 1 aromatic carbocycles. The van der Waals surface area contributed by atoms with Crippen LogP contribution in [0.3, 0.4) is 0 Å². The fourth-order valence-corrected chi connectivity index (χ4v) is 4.15. The third kappa shape index (κ3) is 2.58. The molecule has 2 N–H and O–H groups in total. The first-order chi connectivity index (χ1) is 8.72. The van der Waals surface area contributed by atoms with Gasteiger partial charge in [0.25, 0.3) is 0 Å². The van der Waals surface area contributed by atoms with Crippen molar-refractivity contribution in [1.29, 1.82) is 0 Å². The predicted octanol–water partition coefficient (Wildman–Crippen LogP) is 3.38. The number of nitrogens with two attached hydrogens (primary N) is 1. The van der Waals surface area contributed by atoms with Crippen molar-refractivity contribution in [2.75, 3.05) is 12.3 Å². The molecule has 2 atom stereocenters. The van der Waals surface area contributed by atoms with Crippen molar-refractivity contribution in [2.24, 2.45) is 5.73 Å². The van der Waals surface area contributed by atoms with Gasteiger partial charge in [0.1, 0.15) is 4.99 Å². The van der Waals surface area contributed by atoms with Crippen molar-refractivity contribution in [2.45, 2.75) is 44.1 Å². The zero-order chi connectivity index (χ0) is 13.0. The van der Waals surface area contributed by atoms with Crippen LogP contribution >= 0.6 is 11.8 Å². The van der Waals surface area contributed by atoms with Crippen molar-refractivity contribution >= 4 is 11.8 Å². The van der Waals surface area contributed by atoms with Gasteiger partial charge in [0.15, 0.2) is 0 Å². The quantitative estimate of drug-likeness (QED) is 0.884. The molecule has 1 aliphatic heterocycles. The number of hydrogen-bond acceptors (Lipinski definition) is 3. The molecule has 0 spiro atoms. The van der Waals surface area contributed by atoms with Crippen LogP contribution < -0.4 is 5.73 Å². The van der Waals surface area contributed by atoms with E-state index < -0.39 is 0 Å². The molecular formula is C15H24N2S. The minimum atomic E-state index is -0.322. The Morgan fingerprint density at radius 2 is 2.06 bits per heavy atom. The molecule has 100 valence electrons. The molecule has 2 unspecified atom stereocenters. The maximum Gasteiger partial charge on any atom is 0.144 e. The molecule has 1 fully saturated rings. The largest absolute Gasteiger partial charge is 0.301 e. The molecule has 1 aliphatic rings. The monoisotopic (exact) mass is 264 g/mol. The Morgan fingerprint density at radius 1 is 1.33 bits per heavy atom. The number of nitrogens with zero attached hydrogens (tertiary/aromatic N) is 1. The standard InChI is InChI=1S/C15H24N2S/c1-3-8-14(4-2)17-11-12-18-15(17,16)13-9-6-5-7-10-13/h5-7,9-10,14H,3-4,8,11-12,16H2,1-2H3. The summed E-state index contributed by atoms with van der Waals surface area (Å²) in [5, 5.41) is 0. The Morgan fingerprint density at radius 3 is 2.67 bits per heavy atom. The highest BCUT2D eigenvalue weighted by Crippen LogP contribution is 2.42. The SMILES string of the molecule is CCCC(CC)N1CCSC1(N)c1ccccc1. The van der Waals surface area contributed by atoms with E-state index in [0.29, 0.717) is 6.04 Å². The van der Waals surface area contributed by atoms with E-state index in [9.17, 15) is 0 Å². The molecule has 2 nitrogen and oxygen atoms in total. The van der Waals surface area contributed by atoms with E-state index in [-0.39, 0.29) is 4.99 Å². The van der Waals surface area contributed by atoms with Crippen LogP contribution in [0.5, 0.6) is 0 Å². The van der Waals surface area contributed by atoms with E-state index >= 15 is 0 Å². The maximum absolute atomic E-state index is 6.72. The third-order valence-electron chi connectivity index (χ3n) is 3.80. The Kier molecular flexibility index (Phi) is 4.71. The first kappa shape index (κ1) is 13.9. The van der Waals surface area contributed by atoms with Gasteiger partial charge in [0.2, 0.25) is 0 Å². The summed E-state index contributed by atoms with van der Waals surface area (Å²) in [6.07, 6.45) is 3.65. The molecule has 0 aromatic heterocycles. The molecule has 3 heteroatoms. The minimum Gasteiger partial charge on any atom is -0.301 e. The van der Waals surface area contributed by atoms with Gasteiger partial charge in [0.05, 0.1) is 0 Å². The van der Waals surface area contributed by atoms with Gasteiger partial charge < -0.3 is 5.73 Å². The van der Waals surface area contributed by atoms with Crippen LogP contribution in [-0.4, -0.2) is 23.2 Å². The molecule has 0 amide bonds. The summed E-state index contributed by atoms with van der Waals surface area (Å²) in [6.45, 7) is 5.63. The lowest BCUT2D eigenvalue weighted by Crippen LogP contribution is -2.51. The second kappa shape index (κ2) is 6.09. The van der Waals surface area contributed by atoms with Gasteiger partial charge in [-0.2, -0.15) is 0 Å². The van der Waals surface area contributed by atoms with Crippen molar-refractivity contribution < 1.29 is 0 Å². The van der Waals surface area contributed by atoms with E-state index in [2.05, 4.69) is 49.1 Å². The number of hydrogen-bond donors (Lipinski definition) is 1. The summed E-state index contributed by atoms with van der Waals surface area (Å²) in [5.41, 5.74) is 7.96. The highest BCUT2D eigenvalue weighted by molar-refractivity contribution is 8.00. The van der Waals surface area contributed by atoms with E-state index in [0.717, 1.165) is 12.3 Å². The topological polar surface area (TPSA) is 29.3 Å². The number of benzene rings is 1. The Hall–Kier alpha value is -0.510. The molecule has 2 rings (SSSR count). The first-order valence-corrected chi connectivity index (χ1v) is 7.96. The Balaban J connectivity index is 2.25. The molecule has 1 heterocycles. The van der Waals surface area contributed by atoms with Crippen LogP contribution in [0.2, 0.25) is 0 Å². The summed E-state index contributed by atoms with van der Waals surface area (Å²) < 4.78 is 0. The van der Waals surface area contributed by atoms with Gasteiger partial charge in [-0.25, -0.2) is 0 Å².